The van der Waals surface area contributed by atoms with Crippen LogP contribution in [0.1, 0.15) is 19.8 Å². The lowest BCUT2D eigenvalue weighted by Gasteiger charge is -2.09. The van der Waals surface area contributed by atoms with Gasteiger partial charge >= 0.3 is 0 Å². The van der Waals surface area contributed by atoms with Crippen LogP contribution in [0.4, 0.5) is 10.1 Å². The van der Waals surface area contributed by atoms with E-state index in [-0.39, 0.29) is 23.8 Å². The van der Waals surface area contributed by atoms with Gasteiger partial charge in [-0.1, -0.05) is 13.0 Å². The van der Waals surface area contributed by atoms with Gasteiger partial charge in [0.15, 0.2) is 0 Å². The van der Waals surface area contributed by atoms with E-state index >= 15 is 0 Å². The number of nitrogen functional groups attached to an aromatic ring is 1. The highest BCUT2D eigenvalue weighted by Crippen LogP contribution is 2.20. The minimum Gasteiger partial charge on any atom is -0.395 e. The average molecular weight is 303 g/mol. The smallest absolute Gasteiger partial charge is 0.242 e. The van der Waals surface area contributed by atoms with Gasteiger partial charge in [-0.25, -0.2) is 17.5 Å². The van der Waals surface area contributed by atoms with Crippen molar-refractivity contribution in [1.29, 1.82) is 0 Å². The first-order chi connectivity index (χ1) is 9.38. The number of sulfonamides is 1. The summed E-state index contributed by atoms with van der Waals surface area (Å²) in [5.41, 5.74) is 4.96. The largest absolute Gasteiger partial charge is 0.395 e. The molecule has 20 heavy (non-hydrogen) atoms. The van der Waals surface area contributed by atoms with Crippen LogP contribution in [0.15, 0.2) is 23.1 Å². The normalized spacial score (nSPS) is 11.3. The molecule has 0 heterocycles. The van der Waals surface area contributed by atoms with Crippen LogP contribution in [0, 0.1) is 5.82 Å². The molecule has 0 aliphatic heterocycles. The Balaban J connectivity index is 2.63. The molecule has 0 saturated heterocycles. The van der Waals surface area contributed by atoms with Gasteiger partial charge in [-0.15, -0.1) is 0 Å². The van der Waals surface area contributed by atoms with Gasteiger partial charge in [-0.3, -0.25) is 4.79 Å². The third kappa shape index (κ3) is 4.46. The van der Waals surface area contributed by atoms with Crippen molar-refractivity contribution in [3.8, 4) is 0 Å². The van der Waals surface area contributed by atoms with E-state index in [9.17, 15) is 17.6 Å². The van der Waals surface area contributed by atoms with Crippen LogP contribution >= 0.6 is 0 Å². The van der Waals surface area contributed by atoms with Crippen molar-refractivity contribution in [2.45, 2.75) is 24.7 Å². The molecule has 8 heteroatoms. The van der Waals surface area contributed by atoms with Crippen LogP contribution in [0.5, 0.6) is 0 Å². The number of nitrogens with two attached hydrogens (primary N) is 1. The zero-order chi connectivity index (χ0) is 15.2. The molecular weight excluding hydrogens is 285 g/mol. The van der Waals surface area contributed by atoms with Gasteiger partial charge in [-0.05, 0) is 18.6 Å². The predicted molar refractivity (Wildman–Crippen MR) is 73.9 cm³/mol. The van der Waals surface area contributed by atoms with Gasteiger partial charge in [0.2, 0.25) is 15.9 Å². The van der Waals surface area contributed by atoms with E-state index in [4.69, 9.17) is 5.73 Å². The topological polar surface area (TPSA) is 101 Å². The highest BCUT2D eigenvalue weighted by atomic mass is 32.2. The number of anilines is 1. The molecule has 0 radical (unpaired) electrons. The zero-order valence-corrected chi connectivity index (χ0v) is 12.0. The first-order valence-electron chi connectivity index (χ1n) is 6.19. The Hall–Kier alpha value is -1.67. The third-order valence-corrected chi connectivity index (χ3v) is 4.04. The second-order valence-corrected chi connectivity index (χ2v) is 5.88. The predicted octanol–water partition coefficient (Wildman–Crippen LogP) is 0.603. The SMILES string of the molecule is CCCNC(=O)CCNS(=O)(=O)c1cccc(F)c1N. The maximum absolute atomic E-state index is 13.2. The van der Waals surface area contributed by atoms with Crippen LogP contribution in [0.2, 0.25) is 0 Å². The molecule has 4 N–H and O–H groups in total. The summed E-state index contributed by atoms with van der Waals surface area (Å²) < 4.78 is 39.3. The zero-order valence-electron chi connectivity index (χ0n) is 11.1. The van der Waals surface area contributed by atoms with Crippen molar-refractivity contribution in [3.05, 3.63) is 24.0 Å². The number of benzene rings is 1. The quantitative estimate of drug-likeness (QED) is 0.642. The molecule has 0 aliphatic carbocycles. The van der Waals surface area contributed by atoms with Gasteiger partial charge in [0.25, 0.3) is 0 Å². The molecule has 0 atom stereocenters. The fraction of sp³-hybridized carbons (Fsp3) is 0.417. The van der Waals surface area contributed by atoms with Crippen LogP contribution in [-0.4, -0.2) is 27.4 Å². The number of carbonyl (C=O) groups excluding carboxylic acids is 1. The number of carbonyl (C=O) groups is 1. The number of halogens is 1. The van der Waals surface area contributed by atoms with Crippen LogP contribution < -0.4 is 15.8 Å². The summed E-state index contributed by atoms with van der Waals surface area (Å²) in [6.45, 7) is 2.38. The summed E-state index contributed by atoms with van der Waals surface area (Å²) in [6, 6.07) is 3.54. The maximum Gasteiger partial charge on any atom is 0.242 e. The Morgan fingerprint density at radius 1 is 1.35 bits per heavy atom. The van der Waals surface area contributed by atoms with E-state index in [1.807, 2.05) is 6.92 Å². The minimum absolute atomic E-state index is 0.00838. The summed E-state index contributed by atoms with van der Waals surface area (Å²) in [4.78, 5) is 11.0. The minimum atomic E-state index is -3.92. The Kier molecular flexibility index (Phi) is 5.90. The van der Waals surface area contributed by atoms with Gasteiger partial charge < -0.3 is 11.1 Å². The molecule has 1 rings (SSSR count). The number of para-hydroxylation sites is 1. The summed E-state index contributed by atoms with van der Waals surface area (Å²) in [6.07, 6.45) is 0.811. The van der Waals surface area contributed by atoms with Crippen molar-refractivity contribution >= 4 is 21.6 Å². The molecule has 0 aromatic heterocycles. The Morgan fingerprint density at radius 2 is 2.05 bits per heavy atom. The van der Waals surface area contributed by atoms with Crippen molar-refractivity contribution in [3.63, 3.8) is 0 Å². The summed E-state index contributed by atoms with van der Waals surface area (Å²) in [7, 11) is -3.92. The highest BCUT2D eigenvalue weighted by Gasteiger charge is 2.19. The average Bonchev–Trinajstić information content (AvgIpc) is 2.39. The van der Waals surface area contributed by atoms with Crippen LogP contribution in [0.25, 0.3) is 0 Å². The summed E-state index contributed by atoms with van der Waals surface area (Å²) in [5, 5.41) is 2.62. The Morgan fingerprint density at radius 3 is 2.70 bits per heavy atom. The molecule has 0 spiro atoms. The molecule has 0 saturated carbocycles. The number of nitrogens with one attached hydrogen (secondary N) is 2. The number of amides is 1. The third-order valence-electron chi connectivity index (χ3n) is 2.52. The molecule has 0 bridgehead atoms. The second-order valence-electron chi connectivity index (χ2n) is 4.15. The lowest BCUT2D eigenvalue weighted by atomic mass is 10.3. The Bertz CT molecular complexity index is 575. The molecule has 6 nitrogen and oxygen atoms in total. The molecule has 1 amide bonds. The first kappa shape index (κ1) is 16.4. The lowest BCUT2D eigenvalue weighted by molar-refractivity contribution is -0.120. The van der Waals surface area contributed by atoms with Crippen molar-refractivity contribution in [2.24, 2.45) is 0 Å². The molecule has 1 aromatic rings. The lowest BCUT2D eigenvalue weighted by Crippen LogP contribution is -2.31. The fourth-order valence-electron chi connectivity index (χ4n) is 1.48. The Labute approximate surface area is 117 Å². The van der Waals surface area contributed by atoms with E-state index < -0.39 is 21.5 Å². The monoisotopic (exact) mass is 303 g/mol. The number of hydrogen-bond acceptors (Lipinski definition) is 4. The van der Waals surface area contributed by atoms with Crippen molar-refractivity contribution in [1.82, 2.24) is 10.0 Å². The van der Waals surface area contributed by atoms with Crippen molar-refractivity contribution < 1.29 is 17.6 Å². The van der Waals surface area contributed by atoms with E-state index in [2.05, 4.69) is 10.0 Å². The van der Waals surface area contributed by atoms with Gasteiger partial charge in [0.1, 0.15) is 10.7 Å². The van der Waals surface area contributed by atoms with Gasteiger partial charge in [-0.2, -0.15) is 0 Å². The standard InChI is InChI=1S/C12H18FN3O3S/c1-2-7-15-11(17)6-8-16-20(18,19)10-5-3-4-9(13)12(10)14/h3-5,16H,2,6-8,14H2,1H3,(H,15,17). The number of hydrogen-bond donors (Lipinski definition) is 3. The second kappa shape index (κ2) is 7.20. The molecule has 0 aliphatic rings. The fourth-order valence-corrected chi connectivity index (χ4v) is 2.65. The van der Waals surface area contributed by atoms with E-state index in [0.29, 0.717) is 6.54 Å². The summed E-state index contributed by atoms with van der Waals surface area (Å²) in [5.74, 6) is -1.05. The van der Waals surface area contributed by atoms with E-state index in [1.165, 1.54) is 12.1 Å². The molecule has 0 fully saturated rings. The molecular formula is C12H18FN3O3S. The first-order valence-corrected chi connectivity index (χ1v) is 7.67. The molecule has 112 valence electrons. The highest BCUT2D eigenvalue weighted by molar-refractivity contribution is 7.89. The molecule has 0 unspecified atom stereocenters. The van der Waals surface area contributed by atoms with E-state index in [0.717, 1.165) is 12.5 Å². The maximum atomic E-state index is 13.2. The van der Waals surface area contributed by atoms with Gasteiger partial charge in [0.05, 0.1) is 5.69 Å². The van der Waals surface area contributed by atoms with Crippen LogP contribution in [0.3, 0.4) is 0 Å². The van der Waals surface area contributed by atoms with Gasteiger partial charge in [0, 0.05) is 19.5 Å². The summed E-state index contributed by atoms with van der Waals surface area (Å²) >= 11 is 0. The van der Waals surface area contributed by atoms with Crippen LogP contribution in [-0.2, 0) is 14.8 Å². The van der Waals surface area contributed by atoms with Crippen molar-refractivity contribution in [2.75, 3.05) is 18.8 Å². The van der Waals surface area contributed by atoms with E-state index in [1.54, 1.807) is 0 Å². The number of rotatable bonds is 7. The molecule has 1 aromatic carbocycles.